The van der Waals surface area contributed by atoms with Crippen molar-refractivity contribution in [1.29, 1.82) is 0 Å². The Labute approximate surface area is 88.4 Å². The highest BCUT2D eigenvalue weighted by atomic mass is 35.5. The third kappa shape index (κ3) is 10.3. The van der Waals surface area contributed by atoms with E-state index in [-0.39, 0.29) is 18.1 Å². The van der Waals surface area contributed by atoms with E-state index in [0.717, 1.165) is 12.8 Å². The molecule has 13 heavy (non-hydrogen) atoms. The van der Waals surface area contributed by atoms with Crippen LogP contribution >= 0.6 is 20.4 Å². The lowest BCUT2D eigenvalue weighted by atomic mass is 10.1. The highest BCUT2D eigenvalue weighted by molar-refractivity contribution is 7.38. The molecule has 0 rings (SSSR count). The largest absolute Gasteiger partial charge is 0.508 e. The zero-order valence-corrected chi connectivity index (χ0v) is 10.2. The van der Waals surface area contributed by atoms with Gasteiger partial charge in [0, 0.05) is 0 Å². The number of unbranched alkanes of at least 4 members (excludes halogenated alkanes) is 4. The standard InChI is InChI=1S/C9H19O2P.ClH/c1-3-4-5-6-7-8-9(2)12(10)11;/h9H,3-8H2,1-2H3;1H/p+1. The summed E-state index contributed by atoms with van der Waals surface area (Å²) in [5.74, 6) is 0. The van der Waals surface area contributed by atoms with Gasteiger partial charge in [-0.1, -0.05) is 32.6 Å². The molecule has 2 unspecified atom stereocenters. The van der Waals surface area contributed by atoms with Gasteiger partial charge in [0.2, 0.25) is 0 Å². The van der Waals surface area contributed by atoms with Crippen LogP contribution in [0.25, 0.3) is 0 Å². The van der Waals surface area contributed by atoms with Crippen molar-refractivity contribution in [1.82, 2.24) is 0 Å². The van der Waals surface area contributed by atoms with Gasteiger partial charge in [-0.25, -0.2) is 0 Å². The van der Waals surface area contributed by atoms with Gasteiger partial charge in [0.25, 0.3) is 0 Å². The van der Waals surface area contributed by atoms with Crippen LogP contribution in [0.4, 0.5) is 0 Å². The maximum atomic E-state index is 10.6. The summed E-state index contributed by atoms with van der Waals surface area (Å²) < 4.78 is 10.6. The SMILES string of the molecule is CCCCCCCC(C)[P+](=O)O.Cl. The number of hydrogen-bond acceptors (Lipinski definition) is 1. The lowest BCUT2D eigenvalue weighted by Crippen LogP contribution is -1.94. The second kappa shape index (κ2) is 10.4. The first-order chi connectivity index (χ1) is 5.68. The normalized spacial score (nSPS) is 13.3. The summed E-state index contributed by atoms with van der Waals surface area (Å²) in [6.45, 7) is 4.03. The van der Waals surface area contributed by atoms with Crippen LogP contribution in [-0.2, 0) is 4.57 Å². The Bertz CT molecular complexity index is 131. The van der Waals surface area contributed by atoms with Gasteiger partial charge in [-0.05, 0) is 24.3 Å². The van der Waals surface area contributed by atoms with Crippen molar-refractivity contribution in [3.8, 4) is 0 Å². The Morgan fingerprint density at radius 3 is 2.23 bits per heavy atom. The number of halogens is 1. The summed E-state index contributed by atoms with van der Waals surface area (Å²) in [7, 11) is -1.94. The molecule has 0 radical (unpaired) electrons. The van der Waals surface area contributed by atoms with E-state index in [4.69, 9.17) is 4.89 Å². The van der Waals surface area contributed by atoms with Gasteiger partial charge in [0.1, 0.15) is 0 Å². The lowest BCUT2D eigenvalue weighted by Gasteiger charge is -1.98. The molecule has 0 saturated heterocycles. The first-order valence-corrected chi connectivity index (χ1v) is 6.12. The molecule has 0 heterocycles. The minimum absolute atomic E-state index is 0. The molecule has 80 valence electrons. The van der Waals surface area contributed by atoms with Crippen molar-refractivity contribution in [2.24, 2.45) is 0 Å². The number of rotatable bonds is 7. The van der Waals surface area contributed by atoms with E-state index >= 15 is 0 Å². The van der Waals surface area contributed by atoms with E-state index in [1.807, 2.05) is 6.92 Å². The summed E-state index contributed by atoms with van der Waals surface area (Å²) >= 11 is 0. The minimum Gasteiger partial charge on any atom is -0.161 e. The molecule has 0 aromatic rings. The molecule has 0 fully saturated rings. The second-order valence-corrected chi connectivity index (χ2v) is 4.84. The van der Waals surface area contributed by atoms with Crippen LogP contribution in [0.5, 0.6) is 0 Å². The van der Waals surface area contributed by atoms with Gasteiger partial charge in [-0.3, -0.25) is 0 Å². The molecule has 0 aliphatic carbocycles. The fraction of sp³-hybridized carbons (Fsp3) is 1.00. The highest BCUT2D eigenvalue weighted by Crippen LogP contribution is 2.26. The smallest absolute Gasteiger partial charge is 0.161 e. The van der Waals surface area contributed by atoms with E-state index < -0.39 is 8.03 Å². The van der Waals surface area contributed by atoms with Crippen molar-refractivity contribution in [2.75, 3.05) is 0 Å². The van der Waals surface area contributed by atoms with Crippen molar-refractivity contribution < 1.29 is 9.46 Å². The summed E-state index contributed by atoms with van der Waals surface area (Å²) in [5.41, 5.74) is -0.0124. The van der Waals surface area contributed by atoms with Gasteiger partial charge in [-0.15, -0.1) is 12.4 Å². The van der Waals surface area contributed by atoms with E-state index in [1.54, 1.807) is 0 Å². The Hall–Kier alpha value is 0.350. The maximum absolute atomic E-state index is 10.6. The Kier molecular flexibility index (Phi) is 12.7. The molecule has 2 atom stereocenters. The predicted molar refractivity (Wildman–Crippen MR) is 59.9 cm³/mol. The fourth-order valence-corrected chi connectivity index (χ4v) is 1.56. The molecule has 0 spiro atoms. The first-order valence-electron chi connectivity index (χ1n) is 4.83. The Balaban J connectivity index is 0. The first kappa shape index (κ1) is 15.8. The average molecular weight is 228 g/mol. The Morgan fingerprint density at radius 1 is 1.23 bits per heavy atom. The molecule has 0 aliphatic heterocycles. The van der Waals surface area contributed by atoms with Gasteiger partial charge >= 0.3 is 8.03 Å². The van der Waals surface area contributed by atoms with Crippen LogP contribution < -0.4 is 0 Å². The molecule has 4 heteroatoms. The van der Waals surface area contributed by atoms with Gasteiger partial charge < -0.3 is 0 Å². The molecular formula is C9H21ClO2P+. The van der Waals surface area contributed by atoms with Gasteiger partial charge in [0.05, 0.1) is 0 Å². The van der Waals surface area contributed by atoms with Crippen LogP contribution in [0, 0.1) is 0 Å². The highest BCUT2D eigenvalue weighted by Gasteiger charge is 2.21. The lowest BCUT2D eigenvalue weighted by molar-refractivity contribution is 0.482. The molecule has 0 saturated carbocycles. The molecule has 2 nitrogen and oxygen atoms in total. The van der Waals surface area contributed by atoms with Crippen molar-refractivity contribution in [2.45, 2.75) is 58.0 Å². The minimum atomic E-state index is -1.94. The monoisotopic (exact) mass is 227 g/mol. The third-order valence-electron chi connectivity index (χ3n) is 2.10. The van der Waals surface area contributed by atoms with E-state index in [9.17, 15) is 4.57 Å². The van der Waals surface area contributed by atoms with Gasteiger partial charge in [-0.2, -0.15) is 4.89 Å². The van der Waals surface area contributed by atoms with Crippen LogP contribution in [0.1, 0.15) is 52.4 Å². The molecule has 0 aromatic carbocycles. The van der Waals surface area contributed by atoms with E-state index in [0.29, 0.717) is 0 Å². The topological polar surface area (TPSA) is 37.3 Å². The van der Waals surface area contributed by atoms with Crippen LogP contribution in [0.3, 0.4) is 0 Å². The van der Waals surface area contributed by atoms with Crippen molar-refractivity contribution >= 4 is 20.4 Å². The predicted octanol–water partition coefficient (Wildman–Crippen LogP) is 3.89. The summed E-state index contributed by atoms with van der Waals surface area (Å²) in [6, 6.07) is 0. The van der Waals surface area contributed by atoms with Crippen LogP contribution in [0.2, 0.25) is 0 Å². The molecule has 1 N–H and O–H groups in total. The summed E-state index contributed by atoms with van der Waals surface area (Å²) in [4.78, 5) is 8.73. The van der Waals surface area contributed by atoms with Crippen LogP contribution in [-0.4, -0.2) is 10.6 Å². The molecule has 0 bridgehead atoms. The van der Waals surface area contributed by atoms with E-state index in [2.05, 4.69) is 6.92 Å². The maximum Gasteiger partial charge on any atom is 0.508 e. The quantitative estimate of drug-likeness (QED) is 0.529. The molecular weight excluding hydrogens is 207 g/mol. The second-order valence-electron chi connectivity index (χ2n) is 3.35. The average Bonchev–Trinajstić information content (AvgIpc) is 2.03. The fourth-order valence-electron chi connectivity index (χ4n) is 1.15. The zero-order valence-electron chi connectivity index (χ0n) is 8.53. The van der Waals surface area contributed by atoms with Crippen LogP contribution in [0.15, 0.2) is 0 Å². The third-order valence-corrected chi connectivity index (χ3v) is 3.11. The number of hydrogen-bond donors (Lipinski definition) is 1. The molecule has 0 aliphatic rings. The molecule has 0 aromatic heterocycles. The molecule has 0 amide bonds. The zero-order chi connectivity index (χ0) is 9.40. The summed E-state index contributed by atoms with van der Waals surface area (Å²) in [6.07, 6.45) is 7.02. The van der Waals surface area contributed by atoms with E-state index in [1.165, 1.54) is 25.7 Å². The Morgan fingerprint density at radius 2 is 1.77 bits per heavy atom. The van der Waals surface area contributed by atoms with Crippen molar-refractivity contribution in [3.63, 3.8) is 0 Å². The summed E-state index contributed by atoms with van der Waals surface area (Å²) in [5, 5.41) is 0. The van der Waals surface area contributed by atoms with Gasteiger partial charge in [0.15, 0.2) is 5.66 Å². The van der Waals surface area contributed by atoms with Crippen molar-refractivity contribution in [3.05, 3.63) is 0 Å².